The van der Waals surface area contributed by atoms with Crippen molar-refractivity contribution in [3.05, 3.63) is 66.6 Å². The van der Waals surface area contributed by atoms with Gasteiger partial charge in [-0.2, -0.15) is 9.29 Å². The van der Waals surface area contributed by atoms with Crippen LogP contribution >= 0.6 is 0 Å². The van der Waals surface area contributed by atoms with Crippen molar-refractivity contribution in [3.63, 3.8) is 0 Å². The van der Waals surface area contributed by atoms with E-state index in [9.17, 15) is 13.2 Å². The molecule has 4 aromatic rings. The minimum atomic E-state index is -3.81. The van der Waals surface area contributed by atoms with Gasteiger partial charge in [-0.3, -0.25) is 4.90 Å². The van der Waals surface area contributed by atoms with Crippen LogP contribution in [0.3, 0.4) is 0 Å². The summed E-state index contributed by atoms with van der Waals surface area (Å²) in [6, 6.07) is 17.5. The maximum absolute atomic E-state index is 13.2. The van der Waals surface area contributed by atoms with Gasteiger partial charge in [0.05, 0.1) is 25.1 Å². The van der Waals surface area contributed by atoms with Crippen LogP contribution in [0, 0.1) is 6.92 Å². The highest BCUT2D eigenvalue weighted by atomic mass is 32.2. The molecule has 0 saturated carbocycles. The average molecular weight is 509 g/mol. The van der Waals surface area contributed by atoms with Gasteiger partial charge in [0.1, 0.15) is 11.9 Å². The van der Waals surface area contributed by atoms with Crippen molar-refractivity contribution in [1.29, 1.82) is 0 Å². The van der Waals surface area contributed by atoms with E-state index in [1.54, 1.807) is 62.6 Å². The van der Waals surface area contributed by atoms with E-state index in [4.69, 9.17) is 14.0 Å². The predicted molar refractivity (Wildman–Crippen MR) is 132 cm³/mol. The Morgan fingerprint density at radius 3 is 2.53 bits per heavy atom. The number of ether oxygens (including phenoxy) is 2. The highest BCUT2D eigenvalue weighted by molar-refractivity contribution is 7.89. The molecule has 5 rings (SSSR count). The Labute approximate surface area is 208 Å². The quantitative estimate of drug-likeness (QED) is 0.370. The van der Waals surface area contributed by atoms with Crippen LogP contribution in [0.1, 0.15) is 5.89 Å². The van der Waals surface area contributed by atoms with Crippen molar-refractivity contribution in [2.24, 2.45) is 0 Å². The van der Waals surface area contributed by atoms with Crippen LogP contribution in [0.5, 0.6) is 5.75 Å². The van der Waals surface area contributed by atoms with Crippen LogP contribution < -0.4 is 9.64 Å². The SMILES string of the molecule is COc1ccc2ccc(S(=O)(=O)N(C)CC3CN(c4ccc(-c5noc(C)n5)cc4)C(=O)O3)cc2c1. The fraction of sp³-hybridized carbons (Fsp3) is 0.240. The smallest absolute Gasteiger partial charge is 0.414 e. The van der Waals surface area contributed by atoms with Crippen LogP contribution in [-0.2, 0) is 14.8 Å². The fourth-order valence-corrected chi connectivity index (χ4v) is 5.33. The molecule has 1 saturated heterocycles. The Bertz CT molecular complexity index is 1530. The third-order valence-electron chi connectivity index (χ3n) is 6.03. The Morgan fingerprint density at radius 2 is 1.83 bits per heavy atom. The number of carbonyl (C=O) groups excluding carboxylic acids is 1. The maximum Gasteiger partial charge on any atom is 0.414 e. The summed E-state index contributed by atoms with van der Waals surface area (Å²) in [6.45, 7) is 1.94. The highest BCUT2D eigenvalue weighted by Gasteiger charge is 2.35. The Kier molecular flexibility index (Phi) is 6.10. The number of likely N-dealkylation sites (N-methyl/N-ethyl adjacent to an activating group) is 1. The van der Waals surface area contributed by atoms with E-state index in [1.165, 1.54) is 16.3 Å². The molecule has 1 unspecified atom stereocenters. The Morgan fingerprint density at radius 1 is 1.08 bits per heavy atom. The molecule has 3 aromatic carbocycles. The van der Waals surface area contributed by atoms with Gasteiger partial charge in [-0.05, 0) is 59.3 Å². The van der Waals surface area contributed by atoms with Crippen molar-refractivity contribution in [2.75, 3.05) is 32.1 Å². The van der Waals surface area contributed by atoms with Gasteiger partial charge in [0.15, 0.2) is 0 Å². The lowest BCUT2D eigenvalue weighted by Crippen LogP contribution is -2.36. The molecule has 36 heavy (non-hydrogen) atoms. The highest BCUT2D eigenvalue weighted by Crippen LogP contribution is 2.28. The first-order valence-corrected chi connectivity index (χ1v) is 12.6. The van der Waals surface area contributed by atoms with Crippen LogP contribution in [0.25, 0.3) is 22.2 Å². The second kappa shape index (κ2) is 9.25. The number of anilines is 1. The lowest BCUT2D eigenvalue weighted by atomic mass is 10.1. The number of carbonyl (C=O) groups is 1. The molecule has 0 spiro atoms. The van der Waals surface area contributed by atoms with Crippen LogP contribution in [0.15, 0.2) is 70.1 Å². The van der Waals surface area contributed by atoms with Gasteiger partial charge >= 0.3 is 6.09 Å². The van der Waals surface area contributed by atoms with Gasteiger partial charge in [0, 0.05) is 25.2 Å². The van der Waals surface area contributed by atoms with Crippen molar-refractivity contribution in [1.82, 2.24) is 14.4 Å². The molecule has 0 radical (unpaired) electrons. The Balaban J connectivity index is 1.29. The number of hydrogen-bond donors (Lipinski definition) is 0. The molecule has 1 fully saturated rings. The minimum absolute atomic E-state index is 0.0148. The first-order valence-electron chi connectivity index (χ1n) is 11.2. The molecule has 1 amide bonds. The van der Waals surface area contributed by atoms with E-state index in [0.29, 0.717) is 23.2 Å². The first kappa shape index (κ1) is 23.8. The van der Waals surface area contributed by atoms with Crippen molar-refractivity contribution in [2.45, 2.75) is 17.9 Å². The van der Waals surface area contributed by atoms with E-state index in [-0.39, 0.29) is 18.0 Å². The van der Waals surface area contributed by atoms with E-state index in [0.717, 1.165) is 16.3 Å². The summed E-state index contributed by atoms with van der Waals surface area (Å²) in [7, 11) is -0.776. The van der Waals surface area contributed by atoms with Gasteiger partial charge in [-0.25, -0.2) is 13.2 Å². The second-order valence-corrected chi connectivity index (χ2v) is 10.5. The summed E-state index contributed by atoms with van der Waals surface area (Å²) >= 11 is 0. The van der Waals surface area contributed by atoms with Gasteiger partial charge < -0.3 is 14.0 Å². The number of benzene rings is 3. The van der Waals surface area contributed by atoms with E-state index in [1.807, 2.05) is 12.1 Å². The molecule has 11 heteroatoms. The number of nitrogens with zero attached hydrogens (tertiary/aromatic N) is 4. The normalized spacial score (nSPS) is 16.1. The fourth-order valence-electron chi connectivity index (χ4n) is 4.09. The van der Waals surface area contributed by atoms with Gasteiger partial charge in [0.25, 0.3) is 0 Å². The predicted octanol–water partition coefficient (Wildman–Crippen LogP) is 3.85. The number of sulfonamides is 1. The van der Waals surface area contributed by atoms with Crippen LogP contribution in [0.2, 0.25) is 0 Å². The topological polar surface area (TPSA) is 115 Å². The van der Waals surface area contributed by atoms with Crippen molar-refractivity contribution in [3.8, 4) is 17.1 Å². The summed E-state index contributed by atoms with van der Waals surface area (Å²) < 4.78 is 43.4. The summed E-state index contributed by atoms with van der Waals surface area (Å²) in [6.07, 6.45) is -1.16. The molecule has 1 aliphatic rings. The lowest BCUT2D eigenvalue weighted by molar-refractivity contribution is 0.131. The van der Waals surface area contributed by atoms with Gasteiger partial charge in [-0.1, -0.05) is 17.3 Å². The molecule has 186 valence electrons. The summed E-state index contributed by atoms with van der Waals surface area (Å²) in [5, 5.41) is 5.54. The lowest BCUT2D eigenvalue weighted by Gasteiger charge is -2.20. The number of aromatic nitrogens is 2. The molecular weight excluding hydrogens is 484 g/mol. The number of hydrogen-bond acceptors (Lipinski definition) is 8. The summed E-state index contributed by atoms with van der Waals surface area (Å²) in [5.41, 5.74) is 1.37. The zero-order chi connectivity index (χ0) is 25.4. The number of fused-ring (bicyclic) bond motifs is 1. The molecule has 0 N–H and O–H groups in total. The van der Waals surface area contributed by atoms with E-state index in [2.05, 4.69) is 10.1 Å². The number of rotatable bonds is 7. The molecule has 0 bridgehead atoms. The molecule has 1 aliphatic heterocycles. The Hall–Kier alpha value is -3.96. The first-order chi connectivity index (χ1) is 17.2. The largest absolute Gasteiger partial charge is 0.497 e. The van der Waals surface area contributed by atoms with Crippen molar-refractivity contribution >= 4 is 32.6 Å². The molecule has 1 aromatic heterocycles. The monoisotopic (exact) mass is 508 g/mol. The third kappa shape index (κ3) is 4.50. The zero-order valence-electron chi connectivity index (χ0n) is 19.9. The standard InChI is InChI=1S/C25H24N4O6S/c1-16-26-24(27-35-16)18-4-8-20(9-5-18)29-15-22(34-25(29)30)14-28(2)36(31,32)23-11-7-17-6-10-21(33-3)12-19(17)13-23/h4-13,22H,14-15H2,1-3H3. The second-order valence-electron chi connectivity index (χ2n) is 8.46. The molecule has 1 atom stereocenters. The molecular formula is C25H24N4O6S. The number of cyclic esters (lactones) is 1. The number of methoxy groups -OCH3 is 1. The van der Waals surface area contributed by atoms with Crippen LogP contribution in [-0.4, -0.2) is 62.3 Å². The average Bonchev–Trinajstić information content (AvgIpc) is 3.48. The third-order valence-corrected chi connectivity index (χ3v) is 7.85. The molecule has 0 aliphatic carbocycles. The minimum Gasteiger partial charge on any atom is -0.497 e. The number of aryl methyl sites for hydroxylation is 1. The summed E-state index contributed by atoms with van der Waals surface area (Å²) in [4.78, 5) is 18.3. The van der Waals surface area contributed by atoms with Crippen LogP contribution in [0.4, 0.5) is 10.5 Å². The summed E-state index contributed by atoms with van der Waals surface area (Å²) in [5.74, 6) is 1.56. The zero-order valence-corrected chi connectivity index (χ0v) is 20.7. The van der Waals surface area contributed by atoms with E-state index >= 15 is 0 Å². The maximum atomic E-state index is 13.2. The number of amides is 1. The van der Waals surface area contributed by atoms with E-state index < -0.39 is 22.2 Å². The molecule has 2 heterocycles. The van der Waals surface area contributed by atoms with Gasteiger partial charge in [-0.15, -0.1) is 0 Å². The molecule has 10 nitrogen and oxygen atoms in total. The van der Waals surface area contributed by atoms with Crippen molar-refractivity contribution < 1.29 is 27.2 Å². The van der Waals surface area contributed by atoms with Gasteiger partial charge in [0.2, 0.25) is 21.7 Å².